The maximum absolute atomic E-state index is 10.9. The number of nitrogen functional groups attached to an aromatic ring is 1. The first-order valence-corrected chi connectivity index (χ1v) is 5.57. The molecule has 0 aliphatic rings. The minimum absolute atomic E-state index is 0.166. The zero-order valence-corrected chi connectivity index (χ0v) is 10.2. The summed E-state index contributed by atoms with van der Waals surface area (Å²) in [6.07, 6.45) is 0. The first-order chi connectivity index (χ1) is 9.47. The van der Waals surface area contributed by atoms with E-state index in [1.54, 1.807) is 24.3 Å². The molecule has 102 valence electrons. The minimum atomic E-state index is -1.62. The quantitative estimate of drug-likeness (QED) is 0.769. The van der Waals surface area contributed by atoms with Crippen molar-refractivity contribution in [1.29, 1.82) is 0 Å². The van der Waals surface area contributed by atoms with Gasteiger partial charge < -0.3 is 30.3 Å². The molecule has 0 fully saturated rings. The van der Waals surface area contributed by atoms with Crippen molar-refractivity contribution >= 4 is 17.6 Å². The predicted molar refractivity (Wildman–Crippen MR) is 66.0 cm³/mol. The molecule has 6 nitrogen and oxygen atoms in total. The molecule has 0 unspecified atom stereocenters. The molecule has 2 aromatic carbocycles. The SMILES string of the molecule is Nc1ccc(Oc2ccc(C(=O)[O-])c(C(=O)[O-])c2)cc1. The highest BCUT2D eigenvalue weighted by molar-refractivity contribution is 6.00. The number of carboxylic acids is 2. The lowest BCUT2D eigenvalue weighted by molar-refractivity contribution is -0.259. The third-order valence-electron chi connectivity index (χ3n) is 2.55. The number of rotatable bonds is 4. The van der Waals surface area contributed by atoms with E-state index in [1.807, 2.05) is 0 Å². The number of carboxylic acid groups (broad SMARTS) is 2. The number of hydrogen-bond acceptors (Lipinski definition) is 6. The van der Waals surface area contributed by atoms with Gasteiger partial charge in [-0.15, -0.1) is 0 Å². The number of carbonyl (C=O) groups is 2. The van der Waals surface area contributed by atoms with Gasteiger partial charge in [0.25, 0.3) is 0 Å². The molecule has 6 heteroatoms. The van der Waals surface area contributed by atoms with E-state index in [9.17, 15) is 19.8 Å². The molecule has 2 N–H and O–H groups in total. The van der Waals surface area contributed by atoms with E-state index in [0.29, 0.717) is 11.4 Å². The second-order valence-corrected chi connectivity index (χ2v) is 3.95. The highest BCUT2D eigenvalue weighted by atomic mass is 16.5. The van der Waals surface area contributed by atoms with Crippen LogP contribution in [0.4, 0.5) is 5.69 Å². The van der Waals surface area contributed by atoms with Crippen LogP contribution in [0.5, 0.6) is 11.5 Å². The molecule has 0 spiro atoms. The van der Waals surface area contributed by atoms with Gasteiger partial charge in [-0.25, -0.2) is 0 Å². The zero-order valence-electron chi connectivity index (χ0n) is 10.2. The topological polar surface area (TPSA) is 116 Å². The summed E-state index contributed by atoms with van der Waals surface area (Å²) in [5.41, 5.74) is 5.11. The Bertz CT molecular complexity index is 664. The molecule has 0 atom stereocenters. The van der Waals surface area contributed by atoms with Gasteiger partial charge >= 0.3 is 0 Å². The number of hydrogen-bond donors (Lipinski definition) is 1. The third-order valence-corrected chi connectivity index (χ3v) is 2.55. The molecule has 0 aliphatic heterocycles. The first-order valence-electron chi connectivity index (χ1n) is 5.57. The highest BCUT2D eigenvalue weighted by Gasteiger charge is 2.07. The van der Waals surface area contributed by atoms with Gasteiger partial charge in [0.1, 0.15) is 11.5 Å². The molecular formula is C14H9NO5-2. The second kappa shape index (κ2) is 5.31. The molecule has 0 amide bonds. The van der Waals surface area contributed by atoms with Gasteiger partial charge in [-0.05, 0) is 42.5 Å². The Morgan fingerprint density at radius 1 is 0.850 bits per heavy atom. The monoisotopic (exact) mass is 271 g/mol. The van der Waals surface area contributed by atoms with Crippen LogP contribution in [-0.2, 0) is 0 Å². The van der Waals surface area contributed by atoms with Gasteiger partial charge in [-0.1, -0.05) is 0 Å². The number of aromatic carboxylic acids is 2. The van der Waals surface area contributed by atoms with Crippen LogP contribution in [0.1, 0.15) is 20.7 Å². The Morgan fingerprint density at radius 2 is 1.40 bits per heavy atom. The zero-order chi connectivity index (χ0) is 14.7. The fourth-order valence-electron chi connectivity index (χ4n) is 1.61. The van der Waals surface area contributed by atoms with Crippen molar-refractivity contribution in [2.75, 3.05) is 5.73 Å². The molecule has 0 radical (unpaired) electrons. The lowest BCUT2D eigenvalue weighted by atomic mass is 10.1. The molecule has 0 aromatic heterocycles. The number of ether oxygens (including phenoxy) is 1. The van der Waals surface area contributed by atoms with E-state index in [1.165, 1.54) is 6.07 Å². The summed E-state index contributed by atoms with van der Waals surface area (Å²) >= 11 is 0. The number of carbonyl (C=O) groups excluding carboxylic acids is 2. The summed E-state index contributed by atoms with van der Waals surface area (Å²) in [5, 5.41) is 21.7. The molecule has 0 heterocycles. The average Bonchev–Trinajstić information content (AvgIpc) is 2.41. The second-order valence-electron chi connectivity index (χ2n) is 3.95. The molecule has 0 saturated carbocycles. The summed E-state index contributed by atoms with van der Waals surface area (Å²) in [7, 11) is 0. The Hall–Kier alpha value is -3.02. The van der Waals surface area contributed by atoms with E-state index in [-0.39, 0.29) is 5.75 Å². The summed E-state index contributed by atoms with van der Waals surface area (Å²) < 4.78 is 5.40. The highest BCUT2D eigenvalue weighted by Crippen LogP contribution is 2.24. The lowest BCUT2D eigenvalue weighted by Crippen LogP contribution is -2.30. The van der Waals surface area contributed by atoms with Crippen LogP contribution < -0.4 is 20.7 Å². The molecule has 20 heavy (non-hydrogen) atoms. The largest absolute Gasteiger partial charge is 0.545 e. The molecule has 0 bridgehead atoms. The predicted octanol–water partition coefficient (Wildman–Crippen LogP) is -0.212. The number of nitrogens with two attached hydrogens (primary N) is 1. The van der Waals surface area contributed by atoms with Crippen molar-refractivity contribution in [3.05, 3.63) is 53.6 Å². The summed E-state index contributed by atoms with van der Waals surface area (Å²) in [6.45, 7) is 0. The average molecular weight is 271 g/mol. The van der Waals surface area contributed by atoms with E-state index in [2.05, 4.69) is 0 Å². The molecular weight excluding hydrogens is 262 g/mol. The van der Waals surface area contributed by atoms with Gasteiger partial charge in [0, 0.05) is 16.8 Å². The molecule has 2 aromatic rings. The van der Waals surface area contributed by atoms with Gasteiger partial charge in [-0.3, -0.25) is 0 Å². The Labute approximate surface area is 114 Å². The van der Waals surface area contributed by atoms with Crippen LogP contribution in [0.25, 0.3) is 0 Å². The summed E-state index contributed by atoms with van der Waals surface area (Å²) in [6, 6.07) is 9.91. The van der Waals surface area contributed by atoms with Gasteiger partial charge in [0.15, 0.2) is 0 Å². The van der Waals surface area contributed by atoms with Gasteiger partial charge in [-0.2, -0.15) is 0 Å². The van der Waals surface area contributed by atoms with Crippen LogP contribution in [-0.4, -0.2) is 11.9 Å². The fraction of sp³-hybridized carbons (Fsp3) is 0. The van der Waals surface area contributed by atoms with E-state index >= 15 is 0 Å². The van der Waals surface area contributed by atoms with Crippen LogP contribution in [0, 0.1) is 0 Å². The third kappa shape index (κ3) is 2.86. The first kappa shape index (κ1) is 13.4. The van der Waals surface area contributed by atoms with Crippen molar-refractivity contribution < 1.29 is 24.5 Å². The van der Waals surface area contributed by atoms with E-state index < -0.39 is 23.1 Å². The summed E-state index contributed by atoms with van der Waals surface area (Å²) in [4.78, 5) is 21.7. The maximum atomic E-state index is 10.9. The Kier molecular flexibility index (Phi) is 3.56. The van der Waals surface area contributed by atoms with Crippen molar-refractivity contribution in [1.82, 2.24) is 0 Å². The van der Waals surface area contributed by atoms with E-state index in [0.717, 1.165) is 12.1 Å². The van der Waals surface area contributed by atoms with Gasteiger partial charge in [0.05, 0.1) is 11.9 Å². The number of anilines is 1. The van der Waals surface area contributed by atoms with Crippen LogP contribution in [0.3, 0.4) is 0 Å². The molecule has 0 aliphatic carbocycles. The number of benzene rings is 2. The standard InChI is InChI=1S/C14H11NO5/c15-8-1-3-9(4-2-8)20-10-5-6-11(13(16)17)12(7-10)14(18)19/h1-7H,15H2,(H,16,17)(H,18,19)/p-2. The van der Waals surface area contributed by atoms with Crippen LogP contribution in [0.15, 0.2) is 42.5 Å². The maximum Gasteiger partial charge on any atom is 0.128 e. The van der Waals surface area contributed by atoms with Gasteiger partial charge in [0.2, 0.25) is 0 Å². The molecule has 0 saturated heterocycles. The Morgan fingerprint density at radius 3 is 1.95 bits per heavy atom. The van der Waals surface area contributed by atoms with Crippen molar-refractivity contribution in [3.63, 3.8) is 0 Å². The van der Waals surface area contributed by atoms with E-state index in [4.69, 9.17) is 10.5 Å². The van der Waals surface area contributed by atoms with Crippen LogP contribution in [0.2, 0.25) is 0 Å². The van der Waals surface area contributed by atoms with Crippen molar-refractivity contribution in [3.8, 4) is 11.5 Å². The summed E-state index contributed by atoms with van der Waals surface area (Å²) in [5.74, 6) is -2.61. The normalized spacial score (nSPS) is 10.0. The smallest absolute Gasteiger partial charge is 0.128 e. The molecule has 2 rings (SSSR count). The minimum Gasteiger partial charge on any atom is -0.545 e. The van der Waals surface area contributed by atoms with Crippen molar-refractivity contribution in [2.24, 2.45) is 0 Å². The lowest BCUT2D eigenvalue weighted by Gasteiger charge is -2.13. The Balaban J connectivity index is 2.34. The van der Waals surface area contributed by atoms with Crippen LogP contribution >= 0.6 is 0 Å². The fourth-order valence-corrected chi connectivity index (χ4v) is 1.61. The van der Waals surface area contributed by atoms with Crippen molar-refractivity contribution in [2.45, 2.75) is 0 Å².